The molecular formula is C16H10BrF3O2. The topological polar surface area (TPSA) is 37.3 Å². The fourth-order valence-electron chi connectivity index (χ4n) is 1.77. The van der Waals surface area contributed by atoms with Crippen LogP contribution in [0.1, 0.15) is 5.56 Å². The Kier molecular flexibility index (Phi) is 4.71. The second-order valence-electron chi connectivity index (χ2n) is 4.48. The summed E-state index contributed by atoms with van der Waals surface area (Å²) < 4.78 is 37.3. The Morgan fingerprint density at radius 1 is 0.955 bits per heavy atom. The molecule has 0 aliphatic carbocycles. The van der Waals surface area contributed by atoms with Crippen LogP contribution in [-0.4, -0.2) is 17.1 Å². The van der Waals surface area contributed by atoms with Crippen LogP contribution in [0.25, 0.3) is 16.9 Å². The van der Waals surface area contributed by atoms with Gasteiger partial charge in [0.1, 0.15) is 5.76 Å². The van der Waals surface area contributed by atoms with Crippen molar-refractivity contribution in [2.45, 2.75) is 6.18 Å². The third-order valence-corrected chi connectivity index (χ3v) is 3.43. The third-order valence-electron chi connectivity index (χ3n) is 2.91. The van der Waals surface area contributed by atoms with Gasteiger partial charge >= 0.3 is 6.18 Å². The molecule has 22 heavy (non-hydrogen) atoms. The van der Waals surface area contributed by atoms with E-state index >= 15 is 0 Å². The van der Waals surface area contributed by atoms with Gasteiger partial charge in [-0.15, -0.1) is 0 Å². The fourth-order valence-corrected chi connectivity index (χ4v) is 2.03. The molecule has 0 unspecified atom stereocenters. The Bertz CT molecular complexity index is 702. The third kappa shape index (κ3) is 3.98. The first-order chi connectivity index (χ1) is 10.3. The molecule has 0 spiro atoms. The smallest absolute Gasteiger partial charge is 0.454 e. The van der Waals surface area contributed by atoms with Crippen LogP contribution >= 0.6 is 15.9 Å². The van der Waals surface area contributed by atoms with Crippen molar-refractivity contribution in [3.63, 3.8) is 0 Å². The average molecular weight is 371 g/mol. The highest BCUT2D eigenvalue weighted by atomic mass is 79.9. The van der Waals surface area contributed by atoms with Crippen molar-refractivity contribution in [3.8, 4) is 11.1 Å². The summed E-state index contributed by atoms with van der Waals surface area (Å²) in [4.78, 5) is 10.8. The van der Waals surface area contributed by atoms with Crippen molar-refractivity contribution in [3.05, 3.63) is 64.6 Å². The minimum atomic E-state index is -4.99. The van der Waals surface area contributed by atoms with Gasteiger partial charge in [0.2, 0.25) is 0 Å². The summed E-state index contributed by atoms with van der Waals surface area (Å²) in [7, 11) is 0. The zero-order chi connectivity index (χ0) is 16.3. The maximum atomic E-state index is 12.1. The van der Waals surface area contributed by atoms with Gasteiger partial charge in [0.05, 0.1) is 0 Å². The minimum Gasteiger partial charge on any atom is -0.507 e. The van der Waals surface area contributed by atoms with E-state index in [-0.39, 0.29) is 11.6 Å². The number of carbonyl (C=O) groups is 1. The van der Waals surface area contributed by atoms with Crippen molar-refractivity contribution in [1.29, 1.82) is 0 Å². The zero-order valence-corrected chi connectivity index (χ0v) is 12.6. The molecule has 0 bridgehead atoms. The monoisotopic (exact) mass is 370 g/mol. The second kappa shape index (κ2) is 6.36. The van der Waals surface area contributed by atoms with E-state index in [1.807, 2.05) is 24.3 Å². The summed E-state index contributed by atoms with van der Waals surface area (Å²) in [5.41, 5.74) is 1.90. The zero-order valence-electron chi connectivity index (χ0n) is 11.1. The summed E-state index contributed by atoms with van der Waals surface area (Å²) in [6.07, 6.45) is -4.82. The van der Waals surface area contributed by atoms with Crippen molar-refractivity contribution in [2.75, 3.05) is 0 Å². The largest absolute Gasteiger partial charge is 0.507 e. The van der Waals surface area contributed by atoms with Crippen LogP contribution in [0, 0.1) is 0 Å². The molecule has 0 aliphatic rings. The lowest BCUT2D eigenvalue weighted by Gasteiger charge is -2.05. The number of allylic oxidation sites excluding steroid dienone is 1. The number of aliphatic hydroxyl groups is 1. The van der Waals surface area contributed by atoms with E-state index in [2.05, 4.69) is 15.9 Å². The molecule has 2 aromatic carbocycles. The molecule has 0 amide bonds. The van der Waals surface area contributed by atoms with Gasteiger partial charge in [0.25, 0.3) is 5.78 Å². The summed E-state index contributed by atoms with van der Waals surface area (Å²) in [6.45, 7) is 0. The van der Waals surface area contributed by atoms with Crippen LogP contribution in [0.3, 0.4) is 0 Å². The van der Waals surface area contributed by atoms with Crippen molar-refractivity contribution in [2.24, 2.45) is 0 Å². The Labute approximate surface area is 133 Å². The van der Waals surface area contributed by atoms with Crippen molar-refractivity contribution >= 4 is 27.5 Å². The Hall–Kier alpha value is -2.08. The molecule has 0 fully saturated rings. The maximum absolute atomic E-state index is 12.1. The molecule has 0 heterocycles. The number of benzene rings is 2. The van der Waals surface area contributed by atoms with E-state index in [0.29, 0.717) is 0 Å². The van der Waals surface area contributed by atoms with Gasteiger partial charge in [-0.05, 0) is 23.3 Å². The second-order valence-corrected chi connectivity index (χ2v) is 5.39. The maximum Gasteiger partial charge on any atom is 0.454 e. The molecule has 2 nitrogen and oxygen atoms in total. The number of aliphatic hydroxyl groups excluding tert-OH is 1. The number of hydrogen-bond donors (Lipinski definition) is 1. The predicted octanol–water partition coefficient (Wildman–Crippen LogP) is 5.15. The minimum absolute atomic E-state index is 0.137. The van der Waals surface area contributed by atoms with Crippen molar-refractivity contribution < 1.29 is 23.1 Å². The molecule has 114 valence electrons. The van der Waals surface area contributed by atoms with E-state index in [1.54, 1.807) is 12.1 Å². The van der Waals surface area contributed by atoms with E-state index < -0.39 is 17.7 Å². The van der Waals surface area contributed by atoms with E-state index in [4.69, 9.17) is 0 Å². The first kappa shape index (κ1) is 16.3. The van der Waals surface area contributed by atoms with Gasteiger partial charge in [-0.2, -0.15) is 13.2 Å². The number of alkyl halides is 3. The summed E-state index contributed by atoms with van der Waals surface area (Å²) in [6, 6.07) is 13.7. The Morgan fingerprint density at radius 2 is 1.41 bits per heavy atom. The van der Waals surface area contributed by atoms with Crippen LogP contribution < -0.4 is 0 Å². The Balaban J connectivity index is 2.23. The molecule has 0 aromatic heterocycles. The van der Waals surface area contributed by atoms with Gasteiger partial charge in [0.15, 0.2) is 0 Å². The summed E-state index contributed by atoms with van der Waals surface area (Å²) in [5, 5.41) is 9.59. The molecule has 0 saturated carbocycles. The highest BCUT2D eigenvalue weighted by Crippen LogP contribution is 2.24. The molecule has 6 heteroatoms. The fraction of sp³-hybridized carbons (Fsp3) is 0.0625. The standard InChI is InChI=1S/C16H10BrF3O2/c17-13-7-5-11(6-8-13)10-1-3-12(4-2-10)14(21)9-15(22)16(18,19)20/h1-9,21H. The van der Waals surface area contributed by atoms with Gasteiger partial charge in [-0.25, -0.2) is 0 Å². The van der Waals surface area contributed by atoms with E-state index in [0.717, 1.165) is 15.6 Å². The molecule has 0 aliphatic heterocycles. The van der Waals surface area contributed by atoms with Crippen LogP contribution in [0.2, 0.25) is 0 Å². The molecular weight excluding hydrogens is 361 g/mol. The van der Waals surface area contributed by atoms with Crippen LogP contribution in [-0.2, 0) is 4.79 Å². The SMILES string of the molecule is O=C(C=C(O)c1ccc(-c2ccc(Br)cc2)cc1)C(F)(F)F. The highest BCUT2D eigenvalue weighted by Gasteiger charge is 2.36. The predicted molar refractivity (Wildman–Crippen MR) is 81.2 cm³/mol. The van der Waals surface area contributed by atoms with Crippen molar-refractivity contribution in [1.82, 2.24) is 0 Å². The lowest BCUT2D eigenvalue weighted by Crippen LogP contribution is -2.20. The van der Waals surface area contributed by atoms with Crippen LogP contribution in [0.15, 0.2) is 59.1 Å². The van der Waals surface area contributed by atoms with E-state index in [1.165, 1.54) is 12.1 Å². The number of rotatable bonds is 3. The van der Waals surface area contributed by atoms with Crippen LogP contribution in [0.4, 0.5) is 13.2 Å². The first-order valence-electron chi connectivity index (χ1n) is 6.15. The first-order valence-corrected chi connectivity index (χ1v) is 6.95. The quantitative estimate of drug-likeness (QED) is 0.599. The lowest BCUT2D eigenvalue weighted by atomic mass is 10.0. The van der Waals surface area contributed by atoms with Gasteiger partial charge < -0.3 is 5.11 Å². The molecule has 2 aromatic rings. The normalized spacial score (nSPS) is 12.3. The van der Waals surface area contributed by atoms with Gasteiger partial charge in [-0.1, -0.05) is 52.3 Å². The van der Waals surface area contributed by atoms with Crippen LogP contribution in [0.5, 0.6) is 0 Å². The summed E-state index contributed by atoms with van der Waals surface area (Å²) >= 11 is 3.32. The number of ketones is 1. The lowest BCUT2D eigenvalue weighted by molar-refractivity contribution is -0.165. The molecule has 0 saturated heterocycles. The van der Waals surface area contributed by atoms with Gasteiger partial charge in [0, 0.05) is 16.1 Å². The molecule has 1 N–H and O–H groups in total. The number of carbonyl (C=O) groups excluding carboxylic acids is 1. The molecule has 0 radical (unpaired) electrons. The van der Waals surface area contributed by atoms with E-state index in [9.17, 15) is 23.1 Å². The molecule has 2 rings (SSSR count). The summed E-state index contributed by atoms with van der Waals surface area (Å²) in [5.74, 6) is -2.81. The molecule has 0 atom stereocenters. The average Bonchev–Trinajstić information content (AvgIpc) is 2.47. The number of hydrogen-bond acceptors (Lipinski definition) is 2. The number of halogens is 4. The highest BCUT2D eigenvalue weighted by molar-refractivity contribution is 9.10. The Morgan fingerprint density at radius 3 is 1.86 bits per heavy atom. The van der Waals surface area contributed by atoms with Gasteiger partial charge in [-0.3, -0.25) is 4.79 Å².